The van der Waals surface area contributed by atoms with E-state index in [0.717, 1.165) is 5.56 Å². The zero-order valence-corrected chi connectivity index (χ0v) is 17.3. The molecular weight excluding hydrogens is 393 g/mol. The van der Waals surface area contributed by atoms with E-state index in [4.69, 9.17) is 9.47 Å². The number of hydrogen-bond donors (Lipinski definition) is 1. The summed E-state index contributed by atoms with van der Waals surface area (Å²) in [7, 11) is 4.94. The molecule has 0 aliphatic rings. The van der Waals surface area contributed by atoms with E-state index >= 15 is 0 Å². The van der Waals surface area contributed by atoms with Crippen LogP contribution in [-0.2, 0) is 11.3 Å². The first kappa shape index (κ1) is 20.8. The zero-order valence-electron chi connectivity index (χ0n) is 16.4. The van der Waals surface area contributed by atoms with Crippen LogP contribution in [0.1, 0.15) is 5.56 Å². The predicted molar refractivity (Wildman–Crippen MR) is 112 cm³/mol. The average Bonchev–Trinajstić information content (AvgIpc) is 3.17. The fourth-order valence-corrected chi connectivity index (χ4v) is 3.57. The number of nitrogens with zero attached hydrogens (tertiary/aromatic N) is 2. The first-order chi connectivity index (χ1) is 14.0. The Kier molecular flexibility index (Phi) is 6.79. The van der Waals surface area contributed by atoms with Gasteiger partial charge in [-0.2, -0.15) is 0 Å². The van der Waals surface area contributed by atoms with Crippen molar-refractivity contribution in [2.75, 3.05) is 33.1 Å². The molecule has 0 aliphatic heterocycles. The molecule has 1 aromatic heterocycles. The molecule has 0 fully saturated rings. The number of anilines is 1. The molecule has 3 aromatic rings. The smallest absolute Gasteiger partial charge is 0.240 e. The highest BCUT2D eigenvalue weighted by atomic mass is 32.1. The van der Waals surface area contributed by atoms with E-state index in [1.807, 2.05) is 17.5 Å². The van der Waals surface area contributed by atoms with Crippen molar-refractivity contribution in [2.24, 2.45) is 0 Å². The number of halogens is 1. The highest BCUT2D eigenvalue weighted by Crippen LogP contribution is 2.34. The van der Waals surface area contributed by atoms with Crippen molar-refractivity contribution >= 4 is 22.4 Å². The van der Waals surface area contributed by atoms with Crippen molar-refractivity contribution in [3.8, 4) is 22.8 Å². The Labute approximate surface area is 172 Å². The molecule has 1 N–H and O–H groups in total. The van der Waals surface area contributed by atoms with Gasteiger partial charge in [0.15, 0.2) is 5.13 Å². The fraction of sp³-hybridized carbons (Fsp3) is 0.238. The quantitative estimate of drug-likeness (QED) is 0.602. The number of benzene rings is 2. The van der Waals surface area contributed by atoms with Gasteiger partial charge in [-0.05, 0) is 25.2 Å². The second kappa shape index (κ2) is 9.49. The molecule has 152 valence electrons. The van der Waals surface area contributed by atoms with E-state index in [1.54, 1.807) is 50.4 Å². The molecule has 0 bridgehead atoms. The number of likely N-dealkylation sites (N-methyl/N-ethyl adjacent to an activating group) is 1. The molecule has 8 heteroatoms. The SMILES string of the molecule is COc1ccc(-c2csc(NC(=O)CN(C)Cc3ccccc3F)n2)c(OC)c1. The number of aromatic nitrogens is 1. The third-order valence-corrected chi connectivity index (χ3v) is 5.00. The molecule has 0 unspecified atom stereocenters. The maximum Gasteiger partial charge on any atom is 0.240 e. The number of thiazole rings is 1. The lowest BCUT2D eigenvalue weighted by molar-refractivity contribution is -0.117. The van der Waals surface area contributed by atoms with Gasteiger partial charge in [0.05, 0.1) is 26.5 Å². The van der Waals surface area contributed by atoms with E-state index in [1.165, 1.54) is 17.4 Å². The number of carbonyl (C=O) groups is 1. The van der Waals surface area contributed by atoms with Crippen molar-refractivity contribution in [3.05, 3.63) is 59.2 Å². The summed E-state index contributed by atoms with van der Waals surface area (Å²) in [5.41, 5.74) is 2.05. The summed E-state index contributed by atoms with van der Waals surface area (Å²) in [4.78, 5) is 18.6. The van der Waals surface area contributed by atoms with Crippen LogP contribution in [0.25, 0.3) is 11.3 Å². The van der Waals surface area contributed by atoms with Crippen LogP contribution in [0.2, 0.25) is 0 Å². The number of amides is 1. The average molecular weight is 415 g/mol. The van der Waals surface area contributed by atoms with Crippen molar-refractivity contribution in [1.29, 1.82) is 0 Å². The molecule has 29 heavy (non-hydrogen) atoms. The number of methoxy groups -OCH3 is 2. The number of ether oxygens (including phenoxy) is 2. The van der Waals surface area contributed by atoms with Crippen LogP contribution >= 0.6 is 11.3 Å². The van der Waals surface area contributed by atoms with Crippen LogP contribution in [0.5, 0.6) is 11.5 Å². The van der Waals surface area contributed by atoms with Gasteiger partial charge in [0, 0.05) is 29.1 Å². The normalized spacial score (nSPS) is 10.8. The lowest BCUT2D eigenvalue weighted by Crippen LogP contribution is -2.30. The van der Waals surface area contributed by atoms with Gasteiger partial charge in [0.1, 0.15) is 17.3 Å². The summed E-state index contributed by atoms with van der Waals surface area (Å²) in [6.07, 6.45) is 0. The van der Waals surface area contributed by atoms with E-state index < -0.39 is 0 Å². The van der Waals surface area contributed by atoms with E-state index in [-0.39, 0.29) is 18.3 Å². The molecule has 6 nitrogen and oxygen atoms in total. The molecule has 0 atom stereocenters. The minimum absolute atomic E-state index is 0.120. The minimum atomic E-state index is -0.280. The Morgan fingerprint density at radius 3 is 2.72 bits per heavy atom. The van der Waals surface area contributed by atoms with Gasteiger partial charge in [-0.15, -0.1) is 11.3 Å². The molecule has 3 rings (SSSR count). The van der Waals surface area contributed by atoms with Crippen LogP contribution in [0.15, 0.2) is 47.8 Å². The van der Waals surface area contributed by atoms with Gasteiger partial charge < -0.3 is 14.8 Å². The summed E-state index contributed by atoms with van der Waals surface area (Å²) >= 11 is 1.33. The topological polar surface area (TPSA) is 63.7 Å². The molecule has 0 spiro atoms. The number of hydrogen-bond acceptors (Lipinski definition) is 6. The third-order valence-electron chi connectivity index (χ3n) is 4.25. The monoisotopic (exact) mass is 415 g/mol. The van der Waals surface area contributed by atoms with Gasteiger partial charge in [0.25, 0.3) is 0 Å². The van der Waals surface area contributed by atoms with Crippen LogP contribution in [0.4, 0.5) is 9.52 Å². The van der Waals surface area contributed by atoms with Crippen LogP contribution in [0.3, 0.4) is 0 Å². The number of rotatable bonds is 8. The Morgan fingerprint density at radius 1 is 1.21 bits per heavy atom. The largest absolute Gasteiger partial charge is 0.497 e. The van der Waals surface area contributed by atoms with Gasteiger partial charge in [-0.1, -0.05) is 18.2 Å². The second-order valence-corrected chi connectivity index (χ2v) is 7.27. The first-order valence-electron chi connectivity index (χ1n) is 8.90. The summed E-state index contributed by atoms with van der Waals surface area (Å²) in [5.74, 6) is 0.827. The lowest BCUT2D eigenvalue weighted by atomic mass is 10.1. The molecule has 0 saturated heterocycles. The standard InChI is InChI=1S/C21H22FN3O3S/c1-25(11-14-6-4-5-7-17(14)22)12-20(26)24-21-23-18(13-29-21)16-9-8-15(27-2)10-19(16)28-3/h4-10,13H,11-12H2,1-3H3,(H,23,24,26). The molecular formula is C21H22FN3O3S. The highest BCUT2D eigenvalue weighted by Gasteiger charge is 2.14. The van der Waals surface area contributed by atoms with Gasteiger partial charge in [-0.3, -0.25) is 9.69 Å². The summed E-state index contributed by atoms with van der Waals surface area (Å²) in [6, 6.07) is 12.0. The third kappa shape index (κ3) is 5.30. The molecule has 1 amide bonds. The zero-order chi connectivity index (χ0) is 20.8. The van der Waals surface area contributed by atoms with Gasteiger partial charge >= 0.3 is 0 Å². The maximum absolute atomic E-state index is 13.8. The second-order valence-electron chi connectivity index (χ2n) is 6.42. The van der Waals surface area contributed by atoms with E-state index in [2.05, 4.69) is 10.3 Å². The van der Waals surface area contributed by atoms with Gasteiger partial charge in [0.2, 0.25) is 5.91 Å². The summed E-state index contributed by atoms with van der Waals surface area (Å²) < 4.78 is 24.4. The highest BCUT2D eigenvalue weighted by molar-refractivity contribution is 7.14. The summed E-state index contributed by atoms with van der Waals surface area (Å²) in [5, 5.41) is 5.13. The Balaban J connectivity index is 1.62. The van der Waals surface area contributed by atoms with Crippen molar-refractivity contribution < 1.29 is 18.7 Å². The first-order valence-corrected chi connectivity index (χ1v) is 9.78. The Morgan fingerprint density at radius 2 is 2.00 bits per heavy atom. The van der Waals surface area contributed by atoms with Crippen LogP contribution in [-0.4, -0.2) is 43.6 Å². The molecule has 2 aromatic carbocycles. The maximum atomic E-state index is 13.8. The van der Waals surface area contributed by atoms with Crippen molar-refractivity contribution in [2.45, 2.75) is 6.54 Å². The van der Waals surface area contributed by atoms with Crippen LogP contribution < -0.4 is 14.8 Å². The van der Waals surface area contributed by atoms with Crippen molar-refractivity contribution in [1.82, 2.24) is 9.88 Å². The van der Waals surface area contributed by atoms with Crippen LogP contribution in [0, 0.1) is 5.82 Å². The number of carbonyl (C=O) groups excluding carboxylic acids is 1. The minimum Gasteiger partial charge on any atom is -0.497 e. The molecule has 0 aliphatic carbocycles. The Bertz CT molecular complexity index is 993. The fourth-order valence-electron chi connectivity index (χ4n) is 2.84. The molecule has 0 saturated carbocycles. The van der Waals surface area contributed by atoms with Crippen molar-refractivity contribution in [3.63, 3.8) is 0 Å². The number of nitrogens with one attached hydrogen (secondary N) is 1. The molecule has 0 radical (unpaired) electrons. The van der Waals surface area contributed by atoms with E-state index in [0.29, 0.717) is 34.4 Å². The summed E-state index contributed by atoms with van der Waals surface area (Å²) in [6.45, 7) is 0.460. The van der Waals surface area contributed by atoms with Gasteiger partial charge in [-0.25, -0.2) is 9.37 Å². The Hall–Kier alpha value is -2.97. The van der Waals surface area contributed by atoms with E-state index in [9.17, 15) is 9.18 Å². The lowest BCUT2D eigenvalue weighted by Gasteiger charge is -2.16. The molecule has 1 heterocycles. The predicted octanol–water partition coefficient (Wildman–Crippen LogP) is 4.04.